The van der Waals surface area contributed by atoms with Crippen LogP contribution in [0.3, 0.4) is 0 Å². The first-order valence-electron chi connectivity index (χ1n) is 12.9. The van der Waals surface area contributed by atoms with Gasteiger partial charge in [0.2, 0.25) is 6.04 Å². The summed E-state index contributed by atoms with van der Waals surface area (Å²) in [4.78, 5) is 25.0. The maximum absolute atomic E-state index is 13.4. The average molecular weight is 1040 g/mol. The monoisotopic (exact) mass is 1040 g/mol. The van der Waals surface area contributed by atoms with Gasteiger partial charge in [0, 0.05) is 46.9 Å². The number of alkyl halides is 9. The number of hydrogen-bond donors (Lipinski definition) is 3. The molecule has 0 aliphatic rings. The molecule has 318 valence electrons. The van der Waals surface area contributed by atoms with Crippen molar-refractivity contribution < 1.29 is 157 Å². The number of rotatable bonds is 8. The number of carbonyl (C=O) groups is 2. The van der Waals surface area contributed by atoms with E-state index in [2.05, 4.69) is 0 Å². The van der Waals surface area contributed by atoms with Crippen LogP contribution in [-0.2, 0) is 59.4 Å². The van der Waals surface area contributed by atoms with E-state index in [1.807, 2.05) is 6.92 Å². The molecule has 0 amide bonds. The third kappa shape index (κ3) is 19.9. The van der Waals surface area contributed by atoms with Crippen LogP contribution in [0, 0.1) is 59.9 Å². The quantitative estimate of drug-likeness (QED) is 0.0499. The van der Waals surface area contributed by atoms with Gasteiger partial charge in [0.15, 0.2) is 0 Å². The number of sulfonamides is 1. The smallest absolute Gasteiger partial charge is 0.471 e. The van der Waals surface area contributed by atoms with Crippen LogP contribution in [0.15, 0.2) is 59.5 Å². The van der Waals surface area contributed by atoms with E-state index in [1.165, 1.54) is 18.3 Å². The maximum atomic E-state index is 13.4. The fourth-order valence-electron chi connectivity index (χ4n) is 2.41. The predicted molar refractivity (Wildman–Crippen MR) is 160 cm³/mol. The fourth-order valence-corrected chi connectivity index (χ4v) is 3.77. The van der Waals surface area contributed by atoms with Crippen LogP contribution in [-0.4, -0.2) is 99.2 Å². The molecular weight excluding hydrogens is 1010 g/mol. The van der Waals surface area contributed by atoms with Gasteiger partial charge >= 0.3 is 68.8 Å². The Labute approximate surface area is 339 Å². The van der Waals surface area contributed by atoms with E-state index in [1.54, 1.807) is 56.3 Å². The maximum Gasteiger partial charge on any atom is 0.522 e. The number of benzene rings is 2. The van der Waals surface area contributed by atoms with Crippen LogP contribution < -0.4 is 0 Å². The van der Waals surface area contributed by atoms with E-state index < -0.39 is 74.9 Å². The number of esters is 2. The van der Waals surface area contributed by atoms with Gasteiger partial charge in [-0.15, -0.1) is 0 Å². The molecule has 0 fully saturated rings. The molecule has 0 saturated heterocycles. The molecule has 0 aliphatic heterocycles. The summed E-state index contributed by atoms with van der Waals surface area (Å²) in [5.74, 6) is -2.18. The van der Waals surface area contributed by atoms with Gasteiger partial charge in [-0.2, -0.15) is 73.2 Å². The fraction of sp³-hybridized carbons (Fsp3) is 0.333. The molecule has 16 nitrogen and oxygen atoms in total. The van der Waals surface area contributed by atoms with E-state index in [-0.39, 0.29) is 65.0 Å². The Morgan fingerprint density at radius 3 is 1.20 bits per heavy atom. The van der Waals surface area contributed by atoms with Gasteiger partial charge in [0.25, 0.3) is 0 Å². The van der Waals surface area contributed by atoms with Crippen molar-refractivity contribution in [3.05, 3.63) is 71.8 Å². The summed E-state index contributed by atoms with van der Waals surface area (Å²) in [6.07, 6.45) is 1.19. The zero-order valence-electron chi connectivity index (χ0n) is 26.7. The van der Waals surface area contributed by atoms with Crippen molar-refractivity contribution in [1.29, 1.82) is 0 Å². The minimum atomic E-state index is -5.84. The third-order valence-electron chi connectivity index (χ3n) is 4.68. The molecule has 2 rings (SSSR count). The van der Waals surface area contributed by atoms with Gasteiger partial charge in [-0.25, -0.2) is 3.98 Å². The van der Waals surface area contributed by atoms with E-state index in [9.17, 15) is 57.5 Å². The first-order chi connectivity index (χ1) is 23.6. The Kier molecular flexibility index (Phi) is 23.0. The number of nitrogens with zero attached hydrogens (tertiary/aromatic N) is 1. The molecule has 30 heteroatoms. The molecule has 0 heterocycles. The first kappa shape index (κ1) is 55.8. The summed E-state index contributed by atoms with van der Waals surface area (Å²) in [5, 5.41) is 0. The normalized spacial score (nSPS) is 12.5. The average Bonchev–Trinajstić information content (AvgIpc) is 2.96. The second-order valence-electron chi connectivity index (χ2n) is 8.71. The molecule has 0 aliphatic carbocycles. The Bertz CT molecular complexity index is 1870. The minimum absolute atomic E-state index is 0. The molecule has 0 aromatic heterocycles. The molecule has 54 heavy (non-hydrogen) atoms. The van der Waals surface area contributed by atoms with Crippen molar-refractivity contribution in [3.8, 4) is 0 Å². The molecule has 2 aromatic rings. The summed E-state index contributed by atoms with van der Waals surface area (Å²) in [6.45, 7) is 4.86. The SMILES string of the molecule is CCOC(=O)[C-](C(=O)OCC)/[N+](=C/c1ccccc1)S(=O)(=O)c1ccc(C)cc1.O=S(=O)(O)C(F)(F)F.O=S(=O)(O)C(F)(F)F.O=S(=O)(O)C(F)(F)F.[Yb]. The Morgan fingerprint density at radius 1 is 0.648 bits per heavy atom. The zero-order valence-corrected chi connectivity index (χ0v) is 31.7. The molecule has 0 radical (unpaired) electrons. The number of halogens is 9. The number of carbonyl (C=O) groups excluding carboxylic acids is 2. The molecule has 0 saturated carbocycles. The van der Waals surface area contributed by atoms with Crippen LogP contribution in [0.1, 0.15) is 25.0 Å². The first-order valence-corrected chi connectivity index (χ1v) is 18.7. The standard InChI is InChI=1S/C21H23NO6S.3CHF3O3S.Yb/c1-4-27-20(23)19(21(24)28-5-2)22(15-17-9-7-6-8-10-17)29(25,26)18-13-11-16(3)12-14-18;3*2-1(3,4)8(5,6)7;/h6-15H,4-5H2,1-3H3;3*(H,5,6,7);. The van der Waals surface area contributed by atoms with Gasteiger partial charge in [-0.1, -0.05) is 48.0 Å². The second kappa shape index (κ2) is 22.3. The molecule has 0 unspecified atom stereocenters. The van der Waals surface area contributed by atoms with Gasteiger partial charge < -0.3 is 9.47 Å². The number of ether oxygens (including phenoxy) is 2. The van der Waals surface area contributed by atoms with E-state index in [0.717, 1.165) is 5.56 Å². The molecule has 0 spiro atoms. The summed E-state index contributed by atoms with van der Waals surface area (Å²) >= 11 is 0. The van der Waals surface area contributed by atoms with Crippen molar-refractivity contribution in [2.24, 2.45) is 0 Å². The molecule has 0 atom stereocenters. The van der Waals surface area contributed by atoms with Crippen LogP contribution in [0.2, 0.25) is 0 Å². The Balaban J connectivity index is -0.000000845. The Hall–Kier alpha value is -2.51. The van der Waals surface area contributed by atoms with Gasteiger partial charge in [0.1, 0.15) is 4.90 Å². The van der Waals surface area contributed by atoms with E-state index in [0.29, 0.717) is 9.54 Å². The molecule has 2 aromatic carbocycles. The van der Waals surface area contributed by atoms with Crippen molar-refractivity contribution in [1.82, 2.24) is 0 Å². The van der Waals surface area contributed by atoms with Crippen LogP contribution in [0.5, 0.6) is 0 Å². The van der Waals surface area contributed by atoms with Crippen LogP contribution in [0.4, 0.5) is 39.5 Å². The minimum Gasteiger partial charge on any atom is -0.471 e. The van der Waals surface area contributed by atoms with Crippen molar-refractivity contribution >= 4 is 58.5 Å². The number of aryl methyl sites for hydroxylation is 1. The predicted octanol–water partition coefficient (Wildman–Crippen LogP) is 3.66. The molecule has 0 bridgehead atoms. The summed E-state index contributed by atoms with van der Waals surface area (Å²) in [5.41, 5.74) is -15.3. The second-order valence-corrected chi connectivity index (χ2v) is 14.8. The zero-order chi connectivity index (χ0) is 42.4. The van der Waals surface area contributed by atoms with Crippen molar-refractivity contribution in [2.75, 3.05) is 13.2 Å². The Morgan fingerprint density at radius 2 is 0.944 bits per heavy atom. The van der Waals surface area contributed by atoms with Crippen molar-refractivity contribution in [2.45, 2.75) is 42.2 Å². The van der Waals surface area contributed by atoms with E-state index in [4.69, 9.17) is 48.4 Å². The summed E-state index contributed by atoms with van der Waals surface area (Å²) in [7, 11) is -21.8. The third-order valence-corrected chi connectivity index (χ3v) is 8.11. The summed E-state index contributed by atoms with van der Waals surface area (Å²) < 4.78 is 210. The van der Waals surface area contributed by atoms with Gasteiger partial charge in [-0.3, -0.25) is 23.2 Å². The summed E-state index contributed by atoms with van der Waals surface area (Å²) in [6, 6.07) is 13.8. The topological polar surface area (TPSA) is 253 Å². The molecule has 3 N–H and O–H groups in total. The van der Waals surface area contributed by atoms with Crippen LogP contribution in [0.25, 0.3) is 0 Å². The van der Waals surface area contributed by atoms with Crippen molar-refractivity contribution in [3.63, 3.8) is 0 Å². The van der Waals surface area contributed by atoms with E-state index >= 15 is 0 Å². The number of hydrogen-bond acceptors (Lipinski definition) is 12. The largest absolute Gasteiger partial charge is 0.522 e. The van der Waals surface area contributed by atoms with Gasteiger partial charge in [0.05, 0.1) is 19.4 Å². The molecular formula is C24H26F9NO15S4Yb. The van der Waals surface area contributed by atoms with Gasteiger partial charge in [-0.05, 0) is 38.5 Å². The van der Waals surface area contributed by atoms with Crippen LogP contribution >= 0.6 is 0 Å².